The monoisotopic (exact) mass is 272 g/mol. The van der Waals surface area contributed by atoms with Crippen molar-refractivity contribution in [2.24, 2.45) is 7.05 Å². The van der Waals surface area contributed by atoms with Gasteiger partial charge in [-0.05, 0) is 35.1 Å². The fraction of sp³-hybridized carbons (Fsp3) is 0.143. The van der Waals surface area contributed by atoms with Gasteiger partial charge in [-0.25, -0.2) is 9.07 Å². The summed E-state index contributed by atoms with van der Waals surface area (Å²) >= 11 is 0. The van der Waals surface area contributed by atoms with Crippen molar-refractivity contribution < 1.29 is 9.18 Å². The van der Waals surface area contributed by atoms with Crippen LogP contribution in [0.3, 0.4) is 0 Å². The Hall–Kier alpha value is -2.63. The van der Waals surface area contributed by atoms with Crippen LogP contribution in [-0.4, -0.2) is 26.5 Å². The topological polar surface area (TPSA) is 60.7 Å². The van der Waals surface area contributed by atoms with Crippen LogP contribution in [0.5, 0.6) is 0 Å². The molecule has 1 heterocycles. The second-order valence-corrected chi connectivity index (χ2v) is 4.35. The third-order valence-electron chi connectivity index (χ3n) is 2.80. The summed E-state index contributed by atoms with van der Waals surface area (Å²) in [6, 6.07) is 4.68. The van der Waals surface area contributed by atoms with E-state index in [0.29, 0.717) is 17.7 Å². The third kappa shape index (κ3) is 2.69. The van der Waals surface area contributed by atoms with E-state index in [1.54, 1.807) is 26.1 Å². The molecule has 2 aromatic rings. The lowest BCUT2D eigenvalue weighted by atomic mass is 10.0. The summed E-state index contributed by atoms with van der Waals surface area (Å²) in [4.78, 5) is 11.2. The molecule has 6 heteroatoms. The lowest BCUT2D eigenvalue weighted by Crippen LogP contribution is -1.98. The number of aldehydes is 1. The molecule has 0 amide bonds. The predicted molar refractivity (Wildman–Crippen MR) is 73.0 cm³/mol. The molecule has 0 saturated heterocycles. The zero-order valence-electron chi connectivity index (χ0n) is 11.2. The normalized spacial score (nSPS) is 11.4. The minimum atomic E-state index is -0.452. The molecule has 1 aromatic carbocycles. The van der Waals surface area contributed by atoms with Gasteiger partial charge in [-0.15, -0.1) is 5.10 Å². The number of benzene rings is 1. The van der Waals surface area contributed by atoms with E-state index in [-0.39, 0.29) is 11.1 Å². The summed E-state index contributed by atoms with van der Waals surface area (Å²) < 4.78 is 15.3. The van der Waals surface area contributed by atoms with E-state index in [1.165, 1.54) is 16.8 Å². The minimum Gasteiger partial charge on any atom is -0.298 e. The van der Waals surface area contributed by atoms with Gasteiger partial charge in [-0.2, -0.15) is 0 Å². The maximum absolute atomic E-state index is 13.9. The molecule has 0 fully saturated rings. The van der Waals surface area contributed by atoms with Crippen molar-refractivity contribution in [3.63, 3.8) is 0 Å². The first-order valence-corrected chi connectivity index (χ1v) is 5.88. The number of hydrogen-bond acceptors (Lipinski definition) is 4. The second-order valence-electron chi connectivity index (χ2n) is 4.35. The number of hydrogen-bond donors (Lipinski definition) is 0. The highest BCUT2D eigenvalue weighted by Gasteiger charge is 2.10. The van der Waals surface area contributed by atoms with Crippen LogP contribution in [0.25, 0.3) is 11.1 Å². The van der Waals surface area contributed by atoms with Crippen molar-refractivity contribution >= 4 is 17.4 Å². The Kier molecular flexibility index (Phi) is 3.84. The van der Waals surface area contributed by atoms with E-state index < -0.39 is 5.82 Å². The molecule has 0 N–H and O–H groups in total. The summed E-state index contributed by atoms with van der Waals surface area (Å²) in [5.41, 5.74) is 1.63. The molecule has 5 nitrogen and oxygen atoms in total. The molecule has 0 aliphatic heterocycles. The van der Waals surface area contributed by atoms with E-state index in [0.717, 1.165) is 5.56 Å². The average molecular weight is 272 g/mol. The van der Waals surface area contributed by atoms with Gasteiger partial charge in [0.15, 0.2) is 12.1 Å². The number of aromatic nitrogens is 4. The van der Waals surface area contributed by atoms with Crippen molar-refractivity contribution in [1.82, 2.24) is 20.2 Å². The standard InChI is InChI=1S/C14H13FN4O/c1-9-4-5-12(13(15)6-9)11(8-20)7-10(2)14-16-17-18-19(14)3/h4-8H,2H2,1,3H3. The molecule has 0 atom stereocenters. The zero-order chi connectivity index (χ0) is 14.7. The van der Waals surface area contributed by atoms with Gasteiger partial charge in [0.1, 0.15) is 5.82 Å². The molecule has 1 aromatic heterocycles. The Labute approximate surface area is 115 Å². The number of nitrogens with zero attached hydrogens (tertiary/aromatic N) is 4. The summed E-state index contributed by atoms with van der Waals surface area (Å²) in [6.07, 6.45) is 2.05. The minimum absolute atomic E-state index is 0.190. The number of carbonyl (C=O) groups excluding carboxylic acids is 1. The van der Waals surface area contributed by atoms with E-state index in [2.05, 4.69) is 22.1 Å². The molecule has 0 spiro atoms. The van der Waals surface area contributed by atoms with Crippen LogP contribution in [0.15, 0.2) is 30.9 Å². The first-order chi connectivity index (χ1) is 9.52. The fourth-order valence-corrected chi connectivity index (χ4v) is 1.78. The third-order valence-corrected chi connectivity index (χ3v) is 2.80. The molecule has 0 saturated carbocycles. The number of rotatable bonds is 4. The van der Waals surface area contributed by atoms with Crippen LogP contribution in [0.1, 0.15) is 17.0 Å². The molecule has 0 aliphatic carbocycles. The Morgan fingerprint density at radius 2 is 2.20 bits per heavy atom. The Morgan fingerprint density at radius 1 is 1.45 bits per heavy atom. The zero-order valence-corrected chi connectivity index (χ0v) is 11.2. The number of halogens is 1. The van der Waals surface area contributed by atoms with Crippen LogP contribution in [0.4, 0.5) is 4.39 Å². The first-order valence-electron chi connectivity index (χ1n) is 5.88. The van der Waals surface area contributed by atoms with Crippen LogP contribution in [0, 0.1) is 12.7 Å². The summed E-state index contributed by atoms with van der Waals surface area (Å²) in [5, 5.41) is 10.9. The van der Waals surface area contributed by atoms with Crippen LogP contribution < -0.4 is 0 Å². The molecular formula is C14H13FN4O. The lowest BCUT2D eigenvalue weighted by Gasteiger charge is -2.05. The summed E-state index contributed by atoms with van der Waals surface area (Å²) in [7, 11) is 1.65. The maximum atomic E-state index is 13.9. The van der Waals surface area contributed by atoms with E-state index in [1.807, 2.05) is 0 Å². The molecule has 0 radical (unpaired) electrons. The van der Waals surface area contributed by atoms with Crippen LogP contribution >= 0.6 is 0 Å². The number of carbonyl (C=O) groups is 1. The maximum Gasteiger partial charge on any atom is 0.181 e. The first kappa shape index (κ1) is 13.8. The fourth-order valence-electron chi connectivity index (χ4n) is 1.78. The highest BCUT2D eigenvalue weighted by Crippen LogP contribution is 2.21. The smallest absolute Gasteiger partial charge is 0.181 e. The van der Waals surface area contributed by atoms with Gasteiger partial charge in [0.05, 0.1) is 0 Å². The summed E-state index contributed by atoms with van der Waals surface area (Å²) in [5.74, 6) is -0.0379. The van der Waals surface area contributed by atoms with Crippen LogP contribution in [0.2, 0.25) is 0 Å². The van der Waals surface area contributed by atoms with Crippen molar-refractivity contribution in [3.05, 3.63) is 53.6 Å². The highest BCUT2D eigenvalue weighted by molar-refractivity contribution is 6.10. The van der Waals surface area contributed by atoms with Gasteiger partial charge >= 0.3 is 0 Å². The van der Waals surface area contributed by atoms with Gasteiger partial charge in [-0.3, -0.25) is 4.79 Å². The van der Waals surface area contributed by atoms with E-state index >= 15 is 0 Å². The molecular weight excluding hydrogens is 259 g/mol. The van der Waals surface area contributed by atoms with E-state index in [9.17, 15) is 9.18 Å². The van der Waals surface area contributed by atoms with Gasteiger partial charge < -0.3 is 0 Å². The predicted octanol–water partition coefficient (Wildman–Crippen LogP) is 1.95. The Balaban J connectivity index is 2.42. The van der Waals surface area contributed by atoms with Crippen molar-refractivity contribution in [3.8, 4) is 0 Å². The molecule has 0 bridgehead atoms. The lowest BCUT2D eigenvalue weighted by molar-refractivity contribution is -0.103. The number of allylic oxidation sites excluding steroid dienone is 3. The van der Waals surface area contributed by atoms with Crippen molar-refractivity contribution in [2.75, 3.05) is 0 Å². The molecule has 102 valence electrons. The SMILES string of the molecule is C=C(C=C(C=O)c1ccc(C)cc1F)c1nnnn1C. The van der Waals surface area contributed by atoms with Crippen molar-refractivity contribution in [1.29, 1.82) is 0 Å². The molecule has 2 rings (SSSR count). The number of tetrazole rings is 1. The number of aryl methyl sites for hydroxylation is 2. The van der Waals surface area contributed by atoms with Crippen molar-refractivity contribution in [2.45, 2.75) is 6.92 Å². The van der Waals surface area contributed by atoms with E-state index in [4.69, 9.17) is 0 Å². The van der Waals surface area contributed by atoms with Gasteiger partial charge in [0.2, 0.25) is 0 Å². The molecule has 0 aliphatic rings. The highest BCUT2D eigenvalue weighted by atomic mass is 19.1. The van der Waals surface area contributed by atoms with Crippen LogP contribution in [-0.2, 0) is 11.8 Å². The molecule has 0 unspecified atom stereocenters. The van der Waals surface area contributed by atoms with Gasteiger partial charge in [0, 0.05) is 23.8 Å². The second kappa shape index (κ2) is 5.56. The largest absolute Gasteiger partial charge is 0.298 e. The Morgan fingerprint density at radius 3 is 2.75 bits per heavy atom. The van der Waals surface area contributed by atoms with Gasteiger partial charge in [0.25, 0.3) is 0 Å². The summed E-state index contributed by atoms with van der Waals surface area (Å²) in [6.45, 7) is 5.58. The Bertz CT molecular complexity index is 703. The molecule has 20 heavy (non-hydrogen) atoms. The van der Waals surface area contributed by atoms with Gasteiger partial charge in [-0.1, -0.05) is 18.7 Å². The average Bonchev–Trinajstić information content (AvgIpc) is 2.83. The quantitative estimate of drug-likeness (QED) is 0.485.